The molecule has 3 heterocycles. The minimum absolute atomic E-state index is 0.805. The molecule has 29 heavy (non-hydrogen) atoms. The Balaban J connectivity index is 1.37. The maximum atomic E-state index is 4.85. The van der Waals surface area contributed by atoms with Crippen molar-refractivity contribution < 1.29 is 0 Å². The Labute approximate surface area is 173 Å². The third-order valence-corrected chi connectivity index (χ3v) is 5.48. The molecule has 0 bridgehead atoms. The van der Waals surface area contributed by atoms with Crippen molar-refractivity contribution in [2.75, 3.05) is 46.3 Å². The molecule has 0 spiro atoms. The zero-order valence-corrected chi connectivity index (χ0v) is 17.2. The van der Waals surface area contributed by atoms with Gasteiger partial charge in [0.15, 0.2) is 0 Å². The lowest BCUT2D eigenvalue weighted by atomic mass is 10.1. The van der Waals surface area contributed by atoms with Gasteiger partial charge < -0.3 is 15.1 Å². The van der Waals surface area contributed by atoms with Gasteiger partial charge in [-0.3, -0.25) is 4.98 Å². The lowest BCUT2D eigenvalue weighted by Crippen LogP contribution is -2.45. The van der Waals surface area contributed by atoms with E-state index in [1.807, 2.05) is 35.1 Å². The van der Waals surface area contributed by atoms with Crippen molar-refractivity contribution in [3.8, 4) is 16.9 Å². The molecule has 2 aromatic heterocycles. The molecule has 1 fully saturated rings. The van der Waals surface area contributed by atoms with Gasteiger partial charge in [0.2, 0.25) is 0 Å². The van der Waals surface area contributed by atoms with E-state index in [9.17, 15) is 0 Å². The molecule has 0 aliphatic carbocycles. The molecule has 0 atom stereocenters. The smallest absolute Gasteiger partial charge is 0.0988 e. The van der Waals surface area contributed by atoms with Crippen LogP contribution in [0.15, 0.2) is 61.1 Å². The van der Waals surface area contributed by atoms with E-state index in [4.69, 9.17) is 5.10 Å². The average molecular weight is 391 g/mol. The predicted octanol–water partition coefficient (Wildman–Crippen LogP) is 2.66. The molecule has 1 aliphatic heterocycles. The summed E-state index contributed by atoms with van der Waals surface area (Å²) in [7, 11) is 2.20. The first-order chi connectivity index (χ1) is 14.3. The summed E-state index contributed by atoms with van der Waals surface area (Å²) in [6, 6.07) is 14.3. The second kappa shape index (κ2) is 9.78. The molecule has 1 saturated heterocycles. The molecular weight excluding hydrogens is 360 g/mol. The number of pyridine rings is 1. The van der Waals surface area contributed by atoms with Crippen LogP contribution in [0.5, 0.6) is 0 Å². The van der Waals surface area contributed by atoms with Crippen LogP contribution in [0.3, 0.4) is 0 Å². The van der Waals surface area contributed by atoms with Crippen molar-refractivity contribution in [2.45, 2.75) is 13.0 Å². The second-order valence-corrected chi connectivity index (χ2v) is 7.70. The third kappa shape index (κ3) is 5.29. The number of aromatic nitrogens is 3. The maximum absolute atomic E-state index is 4.85. The summed E-state index contributed by atoms with van der Waals surface area (Å²) in [5.41, 5.74) is 4.31. The van der Waals surface area contributed by atoms with Gasteiger partial charge in [-0.05, 0) is 50.8 Å². The van der Waals surface area contributed by atoms with Crippen molar-refractivity contribution in [3.63, 3.8) is 0 Å². The quantitative estimate of drug-likeness (QED) is 0.599. The largest absolute Gasteiger partial charge is 0.312 e. The standard InChI is InChI=1S/C23H30N6/c1-27-13-15-28(16-14-27)12-6-11-25-18-21-19-29(22-8-3-2-4-9-22)26-23(21)20-7-5-10-24-17-20/h2-5,7-10,17,19,25H,6,11-16,18H2,1H3. The number of hydrogen-bond acceptors (Lipinski definition) is 5. The molecule has 0 radical (unpaired) electrons. The summed E-state index contributed by atoms with van der Waals surface area (Å²) in [6.07, 6.45) is 6.98. The molecule has 0 amide bonds. The Kier molecular flexibility index (Phi) is 6.67. The highest BCUT2D eigenvalue weighted by molar-refractivity contribution is 5.62. The molecule has 1 aliphatic rings. The van der Waals surface area contributed by atoms with E-state index >= 15 is 0 Å². The molecule has 4 rings (SSSR count). The summed E-state index contributed by atoms with van der Waals surface area (Å²) < 4.78 is 1.96. The lowest BCUT2D eigenvalue weighted by Gasteiger charge is -2.32. The van der Waals surface area contributed by atoms with Gasteiger partial charge in [-0.25, -0.2) is 4.68 Å². The lowest BCUT2D eigenvalue weighted by molar-refractivity contribution is 0.153. The van der Waals surface area contributed by atoms with Crippen LogP contribution in [0.4, 0.5) is 0 Å². The maximum Gasteiger partial charge on any atom is 0.0988 e. The van der Waals surface area contributed by atoms with Gasteiger partial charge in [0.25, 0.3) is 0 Å². The zero-order chi connectivity index (χ0) is 19.9. The number of para-hydroxylation sites is 1. The summed E-state index contributed by atoms with van der Waals surface area (Å²) >= 11 is 0. The Morgan fingerprint density at radius 3 is 2.59 bits per heavy atom. The topological polar surface area (TPSA) is 49.2 Å². The summed E-state index contributed by atoms with van der Waals surface area (Å²) in [5, 5.41) is 8.47. The Hall–Kier alpha value is -2.54. The van der Waals surface area contributed by atoms with Crippen LogP contribution in [-0.2, 0) is 6.54 Å². The Morgan fingerprint density at radius 1 is 1.00 bits per heavy atom. The summed E-state index contributed by atoms with van der Waals surface area (Å²) in [4.78, 5) is 9.24. The minimum Gasteiger partial charge on any atom is -0.312 e. The summed E-state index contributed by atoms with van der Waals surface area (Å²) in [6.45, 7) is 7.72. The zero-order valence-electron chi connectivity index (χ0n) is 17.2. The molecule has 6 heteroatoms. The molecular formula is C23H30N6. The SMILES string of the molecule is CN1CCN(CCCNCc2cn(-c3ccccc3)nc2-c2cccnc2)CC1. The van der Waals surface area contributed by atoms with Crippen LogP contribution in [0, 0.1) is 0 Å². The van der Waals surface area contributed by atoms with E-state index in [2.05, 4.69) is 51.5 Å². The van der Waals surface area contributed by atoms with E-state index in [1.54, 1.807) is 6.20 Å². The van der Waals surface area contributed by atoms with Gasteiger partial charge in [-0.15, -0.1) is 0 Å². The first kappa shape index (κ1) is 19.8. The Bertz CT molecular complexity index is 869. The predicted molar refractivity (Wildman–Crippen MR) is 117 cm³/mol. The van der Waals surface area contributed by atoms with Crippen LogP contribution in [0.1, 0.15) is 12.0 Å². The third-order valence-electron chi connectivity index (χ3n) is 5.48. The Morgan fingerprint density at radius 2 is 1.83 bits per heavy atom. The number of nitrogens with zero attached hydrogens (tertiary/aromatic N) is 5. The first-order valence-corrected chi connectivity index (χ1v) is 10.5. The van der Waals surface area contributed by atoms with E-state index in [0.717, 1.165) is 30.0 Å². The highest BCUT2D eigenvalue weighted by Gasteiger charge is 2.14. The number of likely N-dealkylation sites (N-methyl/N-ethyl adjacent to an activating group) is 1. The monoisotopic (exact) mass is 390 g/mol. The fourth-order valence-corrected chi connectivity index (χ4v) is 3.72. The second-order valence-electron chi connectivity index (χ2n) is 7.70. The van der Waals surface area contributed by atoms with Gasteiger partial charge in [-0.2, -0.15) is 5.10 Å². The molecule has 1 N–H and O–H groups in total. The van der Waals surface area contributed by atoms with Crippen molar-refractivity contribution in [1.82, 2.24) is 29.9 Å². The van der Waals surface area contributed by atoms with Crippen LogP contribution in [-0.4, -0.2) is 70.9 Å². The van der Waals surface area contributed by atoms with Gasteiger partial charge in [0.05, 0.1) is 11.4 Å². The normalized spacial score (nSPS) is 15.6. The van der Waals surface area contributed by atoms with Crippen LogP contribution >= 0.6 is 0 Å². The van der Waals surface area contributed by atoms with Crippen molar-refractivity contribution in [2.24, 2.45) is 0 Å². The molecule has 0 saturated carbocycles. The van der Waals surface area contributed by atoms with E-state index in [1.165, 1.54) is 44.7 Å². The fraction of sp³-hybridized carbons (Fsp3) is 0.391. The van der Waals surface area contributed by atoms with Crippen LogP contribution in [0.25, 0.3) is 16.9 Å². The van der Waals surface area contributed by atoms with Gasteiger partial charge in [-0.1, -0.05) is 18.2 Å². The minimum atomic E-state index is 0.805. The van der Waals surface area contributed by atoms with Gasteiger partial charge >= 0.3 is 0 Å². The number of nitrogens with one attached hydrogen (secondary N) is 1. The van der Waals surface area contributed by atoms with E-state index in [0.29, 0.717) is 0 Å². The summed E-state index contributed by atoms with van der Waals surface area (Å²) in [5.74, 6) is 0. The van der Waals surface area contributed by atoms with Crippen LogP contribution in [0.2, 0.25) is 0 Å². The highest BCUT2D eigenvalue weighted by atomic mass is 15.3. The van der Waals surface area contributed by atoms with Crippen molar-refractivity contribution in [1.29, 1.82) is 0 Å². The van der Waals surface area contributed by atoms with Crippen molar-refractivity contribution in [3.05, 3.63) is 66.6 Å². The van der Waals surface area contributed by atoms with Crippen molar-refractivity contribution >= 4 is 0 Å². The number of piperazine rings is 1. The van der Waals surface area contributed by atoms with Gasteiger partial charge in [0.1, 0.15) is 0 Å². The van der Waals surface area contributed by atoms with Gasteiger partial charge in [0, 0.05) is 62.4 Å². The molecule has 1 aromatic carbocycles. The molecule has 3 aromatic rings. The van der Waals surface area contributed by atoms with Crippen LogP contribution < -0.4 is 5.32 Å². The number of rotatable bonds is 8. The molecule has 152 valence electrons. The number of benzene rings is 1. The fourth-order valence-electron chi connectivity index (χ4n) is 3.72. The average Bonchev–Trinajstić information content (AvgIpc) is 3.20. The molecule has 0 unspecified atom stereocenters. The number of hydrogen-bond donors (Lipinski definition) is 1. The molecule has 6 nitrogen and oxygen atoms in total. The van der Waals surface area contributed by atoms with E-state index in [-0.39, 0.29) is 0 Å². The highest BCUT2D eigenvalue weighted by Crippen LogP contribution is 2.23. The van der Waals surface area contributed by atoms with E-state index < -0.39 is 0 Å². The first-order valence-electron chi connectivity index (χ1n) is 10.5.